The van der Waals surface area contributed by atoms with Gasteiger partial charge in [-0.05, 0) is 52.0 Å². The van der Waals surface area contributed by atoms with Gasteiger partial charge in [0.15, 0.2) is 0 Å². The fraction of sp³-hybridized carbons (Fsp3) is 0.526. The number of rotatable bonds is 4. The van der Waals surface area contributed by atoms with Crippen LogP contribution in [0.5, 0.6) is 0 Å². The fourth-order valence-electron chi connectivity index (χ4n) is 3.91. The van der Waals surface area contributed by atoms with Crippen molar-refractivity contribution in [3.63, 3.8) is 0 Å². The van der Waals surface area contributed by atoms with Crippen molar-refractivity contribution in [2.75, 3.05) is 5.32 Å². The van der Waals surface area contributed by atoms with Crippen LogP contribution in [0.3, 0.4) is 0 Å². The average molecular weight is 372 g/mol. The predicted molar refractivity (Wildman–Crippen MR) is 106 cm³/mol. The number of thiophene rings is 1. The summed E-state index contributed by atoms with van der Waals surface area (Å²) in [7, 11) is 1.80. The van der Waals surface area contributed by atoms with Gasteiger partial charge in [-0.15, -0.1) is 11.3 Å². The Balaban J connectivity index is 1.70. The van der Waals surface area contributed by atoms with Crippen LogP contribution in [0.4, 0.5) is 5.95 Å². The molecule has 0 radical (unpaired) electrons. The maximum absolute atomic E-state index is 13.0. The number of aryl methyl sites for hydroxylation is 4. The van der Waals surface area contributed by atoms with Crippen LogP contribution < -0.4 is 10.9 Å². The number of hydrogen-bond donors (Lipinski definition) is 1. The Morgan fingerprint density at radius 3 is 2.73 bits per heavy atom. The van der Waals surface area contributed by atoms with Gasteiger partial charge in [0.2, 0.25) is 5.95 Å². The third-order valence-corrected chi connectivity index (χ3v) is 6.64. The zero-order valence-corrected chi connectivity index (χ0v) is 16.7. The fourth-order valence-corrected chi connectivity index (χ4v) is 5.16. The SMILES string of the molecule is CCn1nc(C)c(CNc2nc3sc4c(c3c(=O)n2C)CCCC4)c1C. The molecule has 0 bridgehead atoms. The van der Waals surface area contributed by atoms with Crippen LogP contribution in [0, 0.1) is 13.8 Å². The van der Waals surface area contributed by atoms with Gasteiger partial charge in [0.1, 0.15) is 4.83 Å². The number of anilines is 1. The number of hydrogen-bond acceptors (Lipinski definition) is 5. The third-order valence-electron chi connectivity index (χ3n) is 5.45. The van der Waals surface area contributed by atoms with Crippen molar-refractivity contribution in [2.24, 2.45) is 7.05 Å². The molecular weight excluding hydrogens is 346 g/mol. The van der Waals surface area contributed by atoms with Gasteiger partial charge in [0.25, 0.3) is 5.56 Å². The quantitative estimate of drug-likeness (QED) is 0.764. The lowest BCUT2D eigenvalue weighted by Gasteiger charge is -2.12. The topological polar surface area (TPSA) is 64.7 Å². The first-order chi connectivity index (χ1) is 12.5. The van der Waals surface area contributed by atoms with Crippen LogP contribution in [0.25, 0.3) is 10.2 Å². The third kappa shape index (κ3) is 2.65. The standard InChI is InChI=1S/C19H25N5OS/c1-5-24-12(3)14(11(2)22-24)10-20-19-21-17-16(18(25)23(19)4)13-8-6-7-9-15(13)26-17/h5-10H2,1-4H3,(H,20,21). The Morgan fingerprint density at radius 2 is 2.00 bits per heavy atom. The molecule has 6 nitrogen and oxygen atoms in total. The minimum absolute atomic E-state index is 0.0644. The van der Waals surface area contributed by atoms with E-state index in [1.807, 2.05) is 11.6 Å². The van der Waals surface area contributed by atoms with Crippen LogP contribution in [-0.2, 0) is 33.0 Å². The Morgan fingerprint density at radius 1 is 1.23 bits per heavy atom. The molecule has 1 aliphatic carbocycles. The molecule has 0 unspecified atom stereocenters. The summed E-state index contributed by atoms with van der Waals surface area (Å²) in [5, 5.41) is 8.77. The maximum atomic E-state index is 13.0. The first-order valence-corrected chi connectivity index (χ1v) is 10.1. The van der Waals surface area contributed by atoms with E-state index >= 15 is 0 Å². The molecule has 0 saturated carbocycles. The monoisotopic (exact) mass is 371 g/mol. The largest absolute Gasteiger partial charge is 0.351 e. The normalized spacial score (nSPS) is 14.0. The van der Waals surface area contributed by atoms with Gasteiger partial charge >= 0.3 is 0 Å². The number of aromatic nitrogens is 4. The zero-order valence-electron chi connectivity index (χ0n) is 15.8. The molecule has 1 N–H and O–H groups in total. The zero-order chi connectivity index (χ0) is 18.4. The second kappa shape index (κ2) is 6.54. The van der Waals surface area contributed by atoms with Gasteiger partial charge in [-0.1, -0.05) is 0 Å². The first kappa shape index (κ1) is 17.3. The van der Waals surface area contributed by atoms with Crippen LogP contribution in [0.15, 0.2) is 4.79 Å². The molecule has 3 aromatic heterocycles. The molecule has 26 heavy (non-hydrogen) atoms. The summed E-state index contributed by atoms with van der Waals surface area (Å²) in [6.07, 6.45) is 4.47. The summed E-state index contributed by atoms with van der Waals surface area (Å²) in [4.78, 5) is 20.0. The molecule has 138 valence electrons. The Bertz CT molecular complexity index is 1040. The van der Waals surface area contributed by atoms with Crippen molar-refractivity contribution in [3.05, 3.63) is 37.7 Å². The molecule has 4 rings (SSSR count). The van der Waals surface area contributed by atoms with E-state index in [9.17, 15) is 4.79 Å². The van der Waals surface area contributed by atoms with Gasteiger partial charge in [-0.2, -0.15) is 5.10 Å². The van der Waals surface area contributed by atoms with E-state index in [1.165, 1.54) is 28.8 Å². The summed E-state index contributed by atoms with van der Waals surface area (Å²) >= 11 is 1.69. The van der Waals surface area contributed by atoms with Crippen molar-refractivity contribution in [1.29, 1.82) is 0 Å². The lowest BCUT2D eigenvalue weighted by atomic mass is 9.97. The minimum atomic E-state index is 0.0644. The Hall–Kier alpha value is -2.15. The van der Waals surface area contributed by atoms with Crippen molar-refractivity contribution in [2.45, 2.75) is 59.5 Å². The molecule has 0 aliphatic heterocycles. The number of fused-ring (bicyclic) bond motifs is 3. The molecule has 0 atom stereocenters. The lowest BCUT2D eigenvalue weighted by Crippen LogP contribution is -2.22. The van der Waals surface area contributed by atoms with Crippen molar-refractivity contribution >= 4 is 27.5 Å². The van der Waals surface area contributed by atoms with Crippen LogP contribution in [0.1, 0.15) is 47.2 Å². The highest BCUT2D eigenvalue weighted by atomic mass is 32.1. The highest BCUT2D eigenvalue weighted by Gasteiger charge is 2.21. The Labute approximate surface area is 156 Å². The second-order valence-electron chi connectivity index (χ2n) is 7.01. The lowest BCUT2D eigenvalue weighted by molar-refractivity contribution is 0.633. The molecule has 7 heteroatoms. The van der Waals surface area contributed by atoms with E-state index in [4.69, 9.17) is 4.98 Å². The van der Waals surface area contributed by atoms with Crippen molar-refractivity contribution in [1.82, 2.24) is 19.3 Å². The van der Waals surface area contributed by atoms with Gasteiger partial charge < -0.3 is 5.32 Å². The number of nitrogens with zero attached hydrogens (tertiary/aromatic N) is 4. The first-order valence-electron chi connectivity index (χ1n) is 9.29. The molecule has 0 amide bonds. The van der Waals surface area contributed by atoms with E-state index < -0.39 is 0 Å². The van der Waals surface area contributed by atoms with E-state index in [0.717, 1.165) is 41.0 Å². The molecule has 0 fully saturated rings. The average Bonchev–Trinajstić information content (AvgIpc) is 3.14. The van der Waals surface area contributed by atoms with Gasteiger partial charge in [-0.25, -0.2) is 4.98 Å². The molecule has 0 saturated heterocycles. The van der Waals surface area contributed by atoms with E-state index in [2.05, 4.69) is 24.3 Å². The summed E-state index contributed by atoms with van der Waals surface area (Å²) in [6.45, 7) is 7.68. The molecule has 0 aromatic carbocycles. The molecule has 1 aliphatic rings. The van der Waals surface area contributed by atoms with Gasteiger partial charge in [0.05, 0.1) is 11.1 Å². The number of nitrogens with one attached hydrogen (secondary N) is 1. The van der Waals surface area contributed by atoms with E-state index in [-0.39, 0.29) is 5.56 Å². The second-order valence-corrected chi connectivity index (χ2v) is 8.09. The Kier molecular flexibility index (Phi) is 4.34. The van der Waals surface area contributed by atoms with E-state index in [1.54, 1.807) is 23.0 Å². The molecule has 3 aromatic rings. The van der Waals surface area contributed by atoms with Crippen LogP contribution >= 0.6 is 11.3 Å². The highest BCUT2D eigenvalue weighted by molar-refractivity contribution is 7.18. The minimum Gasteiger partial charge on any atom is -0.351 e. The highest BCUT2D eigenvalue weighted by Crippen LogP contribution is 2.34. The maximum Gasteiger partial charge on any atom is 0.263 e. The summed E-state index contributed by atoms with van der Waals surface area (Å²) in [5.41, 5.74) is 4.66. The van der Waals surface area contributed by atoms with Crippen molar-refractivity contribution < 1.29 is 0 Å². The van der Waals surface area contributed by atoms with E-state index in [0.29, 0.717) is 12.5 Å². The molecule has 0 spiro atoms. The summed E-state index contributed by atoms with van der Waals surface area (Å²) in [6, 6.07) is 0. The van der Waals surface area contributed by atoms with Gasteiger partial charge in [-0.3, -0.25) is 14.0 Å². The van der Waals surface area contributed by atoms with Crippen LogP contribution in [0.2, 0.25) is 0 Å². The summed E-state index contributed by atoms with van der Waals surface area (Å²) < 4.78 is 3.66. The smallest absolute Gasteiger partial charge is 0.263 e. The predicted octanol–water partition coefficient (Wildman–Crippen LogP) is 3.32. The molecular formula is C19H25N5OS. The molecule has 3 heterocycles. The van der Waals surface area contributed by atoms with Crippen LogP contribution in [-0.4, -0.2) is 19.3 Å². The van der Waals surface area contributed by atoms with Gasteiger partial charge in [0, 0.05) is 36.3 Å². The van der Waals surface area contributed by atoms with Crippen molar-refractivity contribution in [3.8, 4) is 0 Å². The summed E-state index contributed by atoms with van der Waals surface area (Å²) in [5.74, 6) is 0.629.